The topological polar surface area (TPSA) is 84.6 Å². The number of nitro benzene ring substituents is 1. The van der Waals surface area contributed by atoms with Gasteiger partial charge in [0.25, 0.3) is 0 Å². The molecule has 0 aromatic heterocycles. The molecule has 1 rings (SSSR count). The Kier molecular flexibility index (Phi) is 8.61. The summed E-state index contributed by atoms with van der Waals surface area (Å²) in [6.45, 7) is 3.25. The molecule has 0 spiro atoms. The fraction of sp³-hybridized carbons (Fsp3) is 0.571. The molecule has 21 heavy (non-hydrogen) atoms. The molecule has 7 heteroatoms. The molecule has 0 bridgehead atoms. The summed E-state index contributed by atoms with van der Waals surface area (Å²) in [6, 6.07) is 5.06. The van der Waals surface area contributed by atoms with E-state index in [-0.39, 0.29) is 12.3 Å². The van der Waals surface area contributed by atoms with Crippen LogP contribution in [0.5, 0.6) is 5.75 Å². The van der Waals surface area contributed by atoms with Gasteiger partial charge in [-0.1, -0.05) is 13.0 Å². The van der Waals surface area contributed by atoms with Crippen molar-refractivity contribution in [2.75, 3.05) is 36.6 Å². The lowest BCUT2D eigenvalue weighted by atomic mass is 10.2. The number of anilines is 1. The minimum Gasteiger partial charge on any atom is -0.487 e. The molecule has 2 N–H and O–H groups in total. The highest BCUT2D eigenvalue weighted by atomic mass is 32.2. The molecule has 0 aliphatic carbocycles. The van der Waals surface area contributed by atoms with Crippen LogP contribution in [0.2, 0.25) is 0 Å². The van der Waals surface area contributed by atoms with Crippen LogP contribution in [0.1, 0.15) is 19.8 Å². The van der Waals surface area contributed by atoms with Gasteiger partial charge in [-0.2, -0.15) is 11.8 Å². The summed E-state index contributed by atoms with van der Waals surface area (Å²) < 4.78 is 5.43. The SMILES string of the molecule is CCCOc1cccc(NCCSCCCO)c1[N+](=O)[O-]. The van der Waals surface area contributed by atoms with Crippen LogP contribution in [-0.4, -0.2) is 41.3 Å². The summed E-state index contributed by atoms with van der Waals surface area (Å²) in [5.41, 5.74) is 0.475. The van der Waals surface area contributed by atoms with Crippen LogP contribution < -0.4 is 10.1 Å². The first kappa shape index (κ1) is 17.6. The molecule has 0 heterocycles. The number of para-hydroxylation sites is 1. The van der Waals surface area contributed by atoms with E-state index in [1.54, 1.807) is 30.0 Å². The number of aliphatic hydroxyl groups excluding tert-OH is 1. The minimum atomic E-state index is -0.410. The molecule has 0 amide bonds. The molecule has 0 atom stereocenters. The Balaban J connectivity index is 2.61. The molecule has 1 aromatic rings. The van der Waals surface area contributed by atoms with Crippen LogP contribution in [0.4, 0.5) is 11.4 Å². The highest BCUT2D eigenvalue weighted by Crippen LogP contribution is 2.34. The fourth-order valence-corrected chi connectivity index (χ4v) is 2.49. The van der Waals surface area contributed by atoms with E-state index in [0.717, 1.165) is 24.3 Å². The molecule has 0 aliphatic heterocycles. The lowest BCUT2D eigenvalue weighted by molar-refractivity contribution is -0.385. The van der Waals surface area contributed by atoms with E-state index in [4.69, 9.17) is 9.84 Å². The van der Waals surface area contributed by atoms with Gasteiger partial charge in [0.2, 0.25) is 0 Å². The second-order valence-electron chi connectivity index (χ2n) is 4.37. The summed E-state index contributed by atoms with van der Waals surface area (Å²) in [5, 5.41) is 23.0. The van der Waals surface area contributed by atoms with Gasteiger partial charge in [0.15, 0.2) is 5.75 Å². The number of ether oxygens (including phenoxy) is 1. The van der Waals surface area contributed by atoms with E-state index in [1.807, 2.05) is 6.92 Å². The highest BCUT2D eigenvalue weighted by Gasteiger charge is 2.20. The first-order valence-electron chi connectivity index (χ1n) is 7.03. The number of hydrogen-bond acceptors (Lipinski definition) is 6. The number of hydrogen-bond donors (Lipinski definition) is 2. The third-order valence-corrected chi connectivity index (χ3v) is 3.72. The largest absolute Gasteiger partial charge is 0.487 e. The quantitative estimate of drug-likeness (QED) is 0.371. The maximum atomic E-state index is 11.2. The van der Waals surface area contributed by atoms with Gasteiger partial charge >= 0.3 is 5.69 Å². The normalized spacial score (nSPS) is 10.4. The van der Waals surface area contributed by atoms with Crippen molar-refractivity contribution in [2.45, 2.75) is 19.8 Å². The van der Waals surface area contributed by atoms with E-state index < -0.39 is 4.92 Å². The summed E-state index contributed by atoms with van der Waals surface area (Å²) in [4.78, 5) is 10.8. The second-order valence-corrected chi connectivity index (χ2v) is 5.60. The Morgan fingerprint density at radius 1 is 1.43 bits per heavy atom. The van der Waals surface area contributed by atoms with Crippen molar-refractivity contribution >= 4 is 23.1 Å². The monoisotopic (exact) mass is 314 g/mol. The number of thioether (sulfide) groups is 1. The second kappa shape index (κ2) is 10.3. The Hall–Kier alpha value is -1.47. The van der Waals surface area contributed by atoms with Gasteiger partial charge in [-0.3, -0.25) is 10.1 Å². The molecule has 0 fully saturated rings. The van der Waals surface area contributed by atoms with Gasteiger partial charge in [0.1, 0.15) is 5.69 Å². The molecule has 1 aromatic carbocycles. The molecule has 0 aliphatic rings. The van der Waals surface area contributed by atoms with Crippen LogP contribution in [0, 0.1) is 10.1 Å². The van der Waals surface area contributed by atoms with Gasteiger partial charge in [0, 0.05) is 18.9 Å². The first-order chi connectivity index (χ1) is 10.2. The van der Waals surface area contributed by atoms with Crippen molar-refractivity contribution in [2.24, 2.45) is 0 Å². The molecular weight excluding hydrogens is 292 g/mol. The summed E-state index contributed by atoms with van der Waals surface area (Å²) in [6.07, 6.45) is 1.57. The van der Waals surface area contributed by atoms with Gasteiger partial charge in [-0.15, -0.1) is 0 Å². The van der Waals surface area contributed by atoms with Crippen LogP contribution >= 0.6 is 11.8 Å². The molecular formula is C14H22N2O4S. The van der Waals surface area contributed by atoms with Crippen molar-refractivity contribution in [3.63, 3.8) is 0 Å². The number of rotatable bonds is 11. The molecule has 118 valence electrons. The Morgan fingerprint density at radius 3 is 2.90 bits per heavy atom. The lowest BCUT2D eigenvalue weighted by Crippen LogP contribution is -2.08. The summed E-state index contributed by atoms with van der Waals surface area (Å²) >= 11 is 1.71. The zero-order chi connectivity index (χ0) is 15.5. The number of nitrogens with zero attached hydrogens (tertiary/aromatic N) is 1. The van der Waals surface area contributed by atoms with Crippen LogP contribution in [0.25, 0.3) is 0 Å². The molecule has 0 radical (unpaired) electrons. The number of nitrogens with one attached hydrogen (secondary N) is 1. The number of nitro groups is 1. The average molecular weight is 314 g/mol. The smallest absolute Gasteiger partial charge is 0.333 e. The van der Waals surface area contributed by atoms with Gasteiger partial charge in [-0.25, -0.2) is 0 Å². The Morgan fingerprint density at radius 2 is 2.24 bits per heavy atom. The van der Waals surface area contributed by atoms with Crippen molar-refractivity contribution in [3.8, 4) is 5.75 Å². The third-order valence-electron chi connectivity index (χ3n) is 2.65. The Labute approximate surface area is 129 Å². The lowest BCUT2D eigenvalue weighted by Gasteiger charge is -2.10. The maximum absolute atomic E-state index is 11.2. The van der Waals surface area contributed by atoms with E-state index in [0.29, 0.717) is 24.6 Å². The zero-order valence-corrected chi connectivity index (χ0v) is 13.0. The third kappa shape index (κ3) is 6.22. The molecule has 0 unspecified atom stereocenters. The maximum Gasteiger partial charge on any atom is 0.333 e. The number of aliphatic hydroxyl groups is 1. The van der Waals surface area contributed by atoms with E-state index in [9.17, 15) is 10.1 Å². The fourth-order valence-electron chi connectivity index (χ4n) is 1.71. The number of benzene rings is 1. The van der Waals surface area contributed by atoms with Crippen molar-refractivity contribution in [1.29, 1.82) is 0 Å². The van der Waals surface area contributed by atoms with E-state index in [1.165, 1.54) is 0 Å². The molecule has 0 saturated carbocycles. The standard InChI is InChI=1S/C14H22N2O4S/c1-2-9-20-13-6-3-5-12(14(13)16(18)19)15-7-11-21-10-4-8-17/h3,5-6,15,17H,2,4,7-11H2,1H3. The molecule has 0 saturated heterocycles. The Bertz CT molecular complexity index is 443. The van der Waals surface area contributed by atoms with Gasteiger partial charge in [0.05, 0.1) is 11.5 Å². The first-order valence-corrected chi connectivity index (χ1v) is 8.18. The van der Waals surface area contributed by atoms with E-state index >= 15 is 0 Å². The van der Waals surface area contributed by atoms with Crippen molar-refractivity contribution in [1.82, 2.24) is 0 Å². The predicted molar refractivity (Wildman–Crippen MR) is 86.4 cm³/mol. The predicted octanol–water partition coefficient (Wildman–Crippen LogP) is 2.91. The van der Waals surface area contributed by atoms with Gasteiger partial charge < -0.3 is 15.2 Å². The van der Waals surface area contributed by atoms with Gasteiger partial charge in [-0.05, 0) is 30.7 Å². The highest BCUT2D eigenvalue weighted by molar-refractivity contribution is 7.99. The minimum absolute atomic E-state index is 0.00805. The average Bonchev–Trinajstić information content (AvgIpc) is 2.48. The van der Waals surface area contributed by atoms with Crippen LogP contribution in [0.3, 0.4) is 0 Å². The zero-order valence-electron chi connectivity index (χ0n) is 12.2. The van der Waals surface area contributed by atoms with Crippen LogP contribution in [-0.2, 0) is 0 Å². The van der Waals surface area contributed by atoms with Crippen LogP contribution in [0.15, 0.2) is 18.2 Å². The van der Waals surface area contributed by atoms with E-state index in [2.05, 4.69) is 5.32 Å². The summed E-state index contributed by atoms with van der Waals surface area (Å²) in [7, 11) is 0. The van der Waals surface area contributed by atoms with Crippen molar-refractivity contribution < 1.29 is 14.8 Å². The molecule has 6 nitrogen and oxygen atoms in total. The summed E-state index contributed by atoms with van der Waals surface area (Å²) in [5.74, 6) is 2.02. The van der Waals surface area contributed by atoms with Crippen molar-refractivity contribution in [3.05, 3.63) is 28.3 Å².